The molecule has 37 heavy (non-hydrogen) atoms. The molecule has 3 aromatic rings. The topological polar surface area (TPSA) is 115 Å². The van der Waals surface area contributed by atoms with Crippen LogP contribution in [0.5, 0.6) is 6.01 Å². The van der Waals surface area contributed by atoms with Crippen LogP contribution in [0.25, 0.3) is 22.4 Å². The zero-order valence-electron chi connectivity index (χ0n) is 21.2. The zero-order valence-corrected chi connectivity index (χ0v) is 22.0. The Balaban J connectivity index is 1.25. The number of aromatic nitrogens is 3. The van der Waals surface area contributed by atoms with Crippen molar-refractivity contribution < 1.29 is 19.7 Å². The average molecular weight is 528 g/mol. The highest BCUT2D eigenvalue weighted by Gasteiger charge is 2.27. The number of aromatic amines is 1. The van der Waals surface area contributed by atoms with Crippen LogP contribution in [-0.2, 0) is 4.79 Å². The lowest BCUT2D eigenvalue weighted by molar-refractivity contribution is -0.142. The number of halogens is 1. The number of H-pyrrole nitrogens is 1. The van der Waals surface area contributed by atoms with Crippen LogP contribution in [-0.4, -0.2) is 74.5 Å². The molecule has 2 saturated heterocycles. The fourth-order valence-electron chi connectivity index (χ4n) is 5.21. The van der Waals surface area contributed by atoms with Gasteiger partial charge < -0.3 is 24.8 Å². The molecule has 2 fully saturated rings. The van der Waals surface area contributed by atoms with Crippen molar-refractivity contribution in [2.75, 3.05) is 31.1 Å². The number of imidazole rings is 1. The molecule has 2 aliphatic heterocycles. The van der Waals surface area contributed by atoms with E-state index >= 15 is 0 Å². The molecule has 2 aliphatic rings. The summed E-state index contributed by atoms with van der Waals surface area (Å²) in [7, 11) is 0. The molecule has 0 aliphatic carbocycles. The van der Waals surface area contributed by atoms with Gasteiger partial charge in [0.15, 0.2) is 5.65 Å². The van der Waals surface area contributed by atoms with Gasteiger partial charge in [0.05, 0.1) is 22.2 Å². The minimum absolute atomic E-state index is 0.0271. The van der Waals surface area contributed by atoms with Crippen LogP contribution >= 0.6 is 11.6 Å². The highest BCUT2D eigenvalue weighted by Crippen LogP contribution is 2.32. The Morgan fingerprint density at radius 2 is 1.76 bits per heavy atom. The number of aliphatic hydroxyl groups excluding tert-OH is 1. The summed E-state index contributed by atoms with van der Waals surface area (Å²) in [5.74, 6) is -0.756. The molecule has 0 spiro atoms. The molecule has 10 heteroatoms. The number of hydrogen-bond donors (Lipinski definition) is 3. The first kappa shape index (κ1) is 25.8. The lowest BCUT2D eigenvalue weighted by atomic mass is 9.96. The monoisotopic (exact) mass is 527 g/mol. The number of nitrogens with one attached hydrogen (secondary N) is 1. The summed E-state index contributed by atoms with van der Waals surface area (Å²) in [6.07, 6.45) is 2.56. The number of nitrogens with zero attached hydrogens (tertiary/aromatic N) is 4. The van der Waals surface area contributed by atoms with Crippen LogP contribution in [0, 0.1) is 11.8 Å². The maximum atomic E-state index is 11.2. The van der Waals surface area contributed by atoms with Crippen LogP contribution in [0.4, 0.5) is 5.69 Å². The third-order valence-corrected chi connectivity index (χ3v) is 7.77. The molecular weight excluding hydrogens is 494 g/mol. The number of benzene rings is 1. The standard InChI is InChI=1S/C27H34ClN5O4/c1-16(2)25(34)33-13-9-20(10-14-33)37-27-29-22-15-21(28)23(30-24(22)31-27)17-3-5-19(6-4-17)32-11-7-18(8-12-32)26(35)36/h3-6,15-16,18,20,25,34H,7-14H2,1-2H3,(H,35,36)(H,29,30,31). The predicted octanol–water partition coefficient (Wildman–Crippen LogP) is 4.40. The lowest BCUT2D eigenvalue weighted by Gasteiger charge is -2.36. The molecule has 0 bridgehead atoms. The summed E-state index contributed by atoms with van der Waals surface area (Å²) in [6, 6.07) is 10.3. The third kappa shape index (κ3) is 5.68. The van der Waals surface area contributed by atoms with Gasteiger partial charge in [-0.25, -0.2) is 4.98 Å². The first-order valence-corrected chi connectivity index (χ1v) is 13.4. The van der Waals surface area contributed by atoms with Gasteiger partial charge in [0, 0.05) is 37.4 Å². The lowest BCUT2D eigenvalue weighted by Crippen LogP contribution is -2.46. The van der Waals surface area contributed by atoms with Crippen molar-refractivity contribution in [3.05, 3.63) is 35.4 Å². The predicted molar refractivity (Wildman–Crippen MR) is 143 cm³/mol. The van der Waals surface area contributed by atoms with Gasteiger partial charge in [-0.15, -0.1) is 0 Å². The Labute approximate surface area is 221 Å². The molecule has 1 unspecified atom stereocenters. The Hall–Kier alpha value is -2.88. The Morgan fingerprint density at radius 3 is 2.38 bits per heavy atom. The van der Waals surface area contributed by atoms with Gasteiger partial charge in [0.2, 0.25) is 0 Å². The Morgan fingerprint density at radius 1 is 1.08 bits per heavy atom. The van der Waals surface area contributed by atoms with Crippen LogP contribution in [0.2, 0.25) is 5.02 Å². The van der Waals surface area contributed by atoms with Crippen molar-refractivity contribution in [1.82, 2.24) is 19.9 Å². The molecule has 9 nitrogen and oxygen atoms in total. The van der Waals surface area contributed by atoms with Crippen LogP contribution in [0.1, 0.15) is 39.5 Å². The van der Waals surface area contributed by atoms with Crippen molar-refractivity contribution >= 4 is 34.4 Å². The number of hydrogen-bond acceptors (Lipinski definition) is 7. The van der Waals surface area contributed by atoms with Crippen molar-refractivity contribution in [3.63, 3.8) is 0 Å². The molecule has 5 rings (SSSR count). The van der Waals surface area contributed by atoms with Crippen LogP contribution in [0.15, 0.2) is 30.3 Å². The first-order chi connectivity index (χ1) is 17.8. The Bertz CT molecular complexity index is 1230. The second-order valence-corrected chi connectivity index (χ2v) is 10.8. The molecule has 1 aromatic carbocycles. The summed E-state index contributed by atoms with van der Waals surface area (Å²) >= 11 is 6.60. The zero-order chi connectivity index (χ0) is 26.1. The quantitative estimate of drug-likeness (QED) is 0.414. The highest BCUT2D eigenvalue weighted by molar-refractivity contribution is 6.33. The molecular formula is C27H34ClN5O4. The first-order valence-electron chi connectivity index (χ1n) is 13.0. The number of carbonyl (C=O) groups is 1. The second kappa shape index (κ2) is 10.8. The SMILES string of the molecule is CC(C)C(O)N1CCC(Oc2nc3nc(-c4ccc(N5CCC(C(=O)O)CC5)cc4)c(Cl)cc3[nH]2)CC1. The van der Waals surface area contributed by atoms with E-state index < -0.39 is 12.2 Å². The summed E-state index contributed by atoms with van der Waals surface area (Å²) in [5.41, 5.74) is 3.86. The van der Waals surface area contributed by atoms with E-state index in [1.165, 1.54) is 0 Å². The van der Waals surface area contributed by atoms with Gasteiger partial charge in [-0.2, -0.15) is 4.98 Å². The molecule has 2 aromatic heterocycles. The number of aliphatic hydroxyl groups is 1. The largest absolute Gasteiger partial charge is 0.481 e. The number of anilines is 1. The number of ether oxygens (including phenoxy) is 1. The molecule has 0 amide bonds. The smallest absolute Gasteiger partial charge is 0.306 e. The fraction of sp³-hybridized carbons (Fsp3) is 0.519. The normalized spacial score (nSPS) is 19.0. The van der Waals surface area contributed by atoms with E-state index in [1.807, 2.05) is 44.2 Å². The molecule has 0 saturated carbocycles. The number of rotatable bonds is 7. The number of fused-ring (bicyclic) bond motifs is 1. The molecule has 0 radical (unpaired) electrons. The van der Waals surface area contributed by atoms with E-state index in [9.17, 15) is 15.0 Å². The molecule has 3 N–H and O–H groups in total. The van der Waals surface area contributed by atoms with Crippen molar-refractivity contribution in [3.8, 4) is 17.3 Å². The van der Waals surface area contributed by atoms with Gasteiger partial charge in [0.1, 0.15) is 12.3 Å². The van der Waals surface area contributed by atoms with E-state index in [4.69, 9.17) is 21.3 Å². The van der Waals surface area contributed by atoms with E-state index in [0.717, 1.165) is 50.3 Å². The number of pyridine rings is 1. The number of carboxylic acids is 1. The van der Waals surface area contributed by atoms with Crippen molar-refractivity contribution in [2.45, 2.75) is 51.9 Å². The fourth-order valence-corrected chi connectivity index (χ4v) is 5.47. The number of carboxylic acid groups (broad SMARTS) is 1. The number of piperidine rings is 2. The van der Waals surface area contributed by atoms with Crippen LogP contribution < -0.4 is 9.64 Å². The highest BCUT2D eigenvalue weighted by atomic mass is 35.5. The average Bonchev–Trinajstić information content (AvgIpc) is 3.29. The van der Waals surface area contributed by atoms with Gasteiger partial charge in [-0.1, -0.05) is 37.6 Å². The van der Waals surface area contributed by atoms with Crippen LogP contribution in [0.3, 0.4) is 0 Å². The summed E-state index contributed by atoms with van der Waals surface area (Å²) in [6.45, 7) is 7.07. The third-order valence-electron chi connectivity index (χ3n) is 7.48. The summed E-state index contributed by atoms with van der Waals surface area (Å²) in [4.78, 5) is 28.0. The molecule has 1 atom stereocenters. The Kier molecular flexibility index (Phi) is 7.55. The van der Waals surface area contributed by atoms with E-state index in [-0.39, 0.29) is 17.9 Å². The maximum absolute atomic E-state index is 11.2. The van der Waals surface area contributed by atoms with Crippen molar-refractivity contribution in [1.29, 1.82) is 0 Å². The second-order valence-electron chi connectivity index (χ2n) is 10.4. The van der Waals surface area contributed by atoms with Gasteiger partial charge in [-0.05, 0) is 49.8 Å². The minimum Gasteiger partial charge on any atom is -0.481 e. The van der Waals surface area contributed by atoms with E-state index in [1.54, 1.807) is 0 Å². The van der Waals surface area contributed by atoms with Gasteiger partial charge in [-0.3, -0.25) is 9.69 Å². The summed E-state index contributed by atoms with van der Waals surface area (Å²) < 4.78 is 6.12. The van der Waals surface area contributed by atoms with E-state index in [0.29, 0.717) is 40.7 Å². The molecule has 198 valence electrons. The number of likely N-dealkylation sites (tertiary alicyclic amines) is 1. The summed E-state index contributed by atoms with van der Waals surface area (Å²) in [5, 5.41) is 20.0. The maximum Gasteiger partial charge on any atom is 0.306 e. The number of aliphatic carboxylic acids is 1. The van der Waals surface area contributed by atoms with E-state index in [2.05, 4.69) is 19.8 Å². The van der Waals surface area contributed by atoms with Crippen molar-refractivity contribution in [2.24, 2.45) is 11.8 Å². The van der Waals surface area contributed by atoms with Gasteiger partial charge >= 0.3 is 5.97 Å². The minimum atomic E-state index is -0.704. The van der Waals surface area contributed by atoms with Gasteiger partial charge in [0.25, 0.3) is 6.01 Å². The molecule has 4 heterocycles.